The molecule has 1 aliphatic heterocycles. The van der Waals surface area contributed by atoms with E-state index in [1.807, 2.05) is 13.0 Å². The molecule has 1 N–H and O–H groups in total. The summed E-state index contributed by atoms with van der Waals surface area (Å²) in [4.78, 5) is 1.82. The fourth-order valence-corrected chi connectivity index (χ4v) is 1.98. The zero-order valence-electron chi connectivity index (χ0n) is 4.80. The van der Waals surface area contributed by atoms with E-state index in [0.29, 0.717) is 0 Å². The molecule has 0 aliphatic carbocycles. The van der Waals surface area contributed by atoms with Gasteiger partial charge in [0.15, 0.2) is 0 Å². The highest BCUT2D eigenvalue weighted by Crippen LogP contribution is 2.23. The van der Waals surface area contributed by atoms with Crippen molar-refractivity contribution in [3.05, 3.63) is 11.0 Å². The minimum atomic E-state index is 0.757. The van der Waals surface area contributed by atoms with Gasteiger partial charge in [-0.3, -0.25) is 0 Å². The van der Waals surface area contributed by atoms with Gasteiger partial charge in [-0.15, -0.1) is 0 Å². The first kappa shape index (κ1) is 7.18. The van der Waals surface area contributed by atoms with Crippen LogP contribution in [0.3, 0.4) is 0 Å². The second kappa shape index (κ2) is 2.77. The highest BCUT2D eigenvalue weighted by molar-refractivity contribution is 8.27. The maximum atomic E-state index is 4.93. The fourth-order valence-electron chi connectivity index (χ4n) is 0.516. The Hall–Kier alpha value is 0.0700. The van der Waals surface area contributed by atoms with Crippen molar-refractivity contribution in [2.45, 2.75) is 6.92 Å². The Morgan fingerprint density at radius 1 is 1.56 bits per heavy atom. The van der Waals surface area contributed by atoms with Gasteiger partial charge in [-0.25, -0.2) is 0 Å². The molecule has 48 valence electrons. The molecule has 0 saturated carbocycles. The van der Waals surface area contributed by atoms with Crippen LogP contribution >= 0.6 is 36.2 Å². The Balaban J connectivity index is 2.81. The number of thioether (sulfide) groups is 1. The third-order valence-corrected chi connectivity index (χ3v) is 2.65. The van der Waals surface area contributed by atoms with Crippen molar-refractivity contribution in [2.24, 2.45) is 0 Å². The largest absolute Gasteiger partial charge is 0.331 e. The van der Waals surface area contributed by atoms with Gasteiger partial charge in [0.1, 0.15) is 9.31 Å². The average Bonchev–Trinajstić information content (AvgIpc) is 2.10. The van der Waals surface area contributed by atoms with Gasteiger partial charge >= 0.3 is 0 Å². The summed E-state index contributed by atoms with van der Waals surface area (Å²) in [5.41, 5.74) is 0. The zero-order valence-corrected chi connectivity index (χ0v) is 7.25. The number of hydrogen-bond donors (Lipinski definition) is 1. The van der Waals surface area contributed by atoms with Gasteiger partial charge in [0, 0.05) is 4.91 Å². The number of allylic oxidation sites excluding steroid dienone is 1. The Morgan fingerprint density at radius 2 is 2.22 bits per heavy atom. The molecular weight excluding hydrogens is 170 g/mol. The summed E-state index contributed by atoms with van der Waals surface area (Å²) in [6, 6.07) is 0. The predicted octanol–water partition coefficient (Wildman–Crippen LogP) is 1.84. The highest BCUT2D eigenvalue weighted by Gasteiger charge is 2.16. The van der Waals surface area contributed by atoms with Crippen molar-refractivity contribution >= 4 is 45.5 Å². The van der Waals surface area contributed by atoms with E-state index in [0.717, 1.165) is 14.2 Å². The van der Waals surface area contributed by atoms with Crippen molar-refractivity contribution in [1.82, 2.24) is 5.32 Å². The second-order valence-electron chi connectivity index (χ2n) is 1.50. The van der Waals surface area contributed by atoms with Gasteiger partial charge in [-0.05, 0) is 6.92 Å². The number of rotatable bonds is 0. The van der Waals surface area contributed by atoms with Crippen LogP contribution in [0.25, 0.3) is 0 Å². The van der Waals surface area contributed by atoms with Crippen LogP contribution in [0.2, 0.25) is 0 Å². The maximum absolute atomic E-state index is 4.93. The molecule has 0 aromatic heterocycles. The Labute approximate surface area is 68.9 Å². The van der Waals surface area contributed by atoms with Crippen LogP contribution in [0.15, 0.2) is 11.0 Å². The van der Waals surface area contributed by atoms with E-state index in [1.54, 1.807) is 0 Å². The lowest BCUT2D eigenvalue weighted by atomic mass is 10.5. The predicted molar refractivity (Wildman–Crippen MR) is 49.7 cm³/mol. The summed E-state index contributed by atoms with van der Waals surface area (Å²) in [5.74, 6) is 0. The lowest BCUT2D eigenvalue weighted by Crippen LogP contribution is -2.15. The van der Waals surface area contributed by atoms with Crippen molar-refractivity contribution in [2.75, 3.05) is 0 Å². The van der Waals surface area contributed by atoms with Gasteiger partial charge in [-0.1, -0.05) is 42.3 Å². The molecule has 0 aromatic rings. The van der Waals surface area contributed by atoms with Crippen molar-refractivity contribution in [3.8, 4) is 0 Å². The summed E-state index contributed by atoms with van der Waals surface area (Å²) in [6.07, 6.45) is 1.96. The summed E-state index contributed by atoms with van der Waals surface area (Å²) in [6.45, 7) is 1.95. The molecule has 0 unspecified atom stereocenters. The molecule has 0 amide bonds. The van der Waals surface area contributed by atoms with Crippen LogP contribution in [0.4, 0.5) is 0 Å². The standard InChI is InChI=1S/C5H5NS3/c1-2-3-4(7)6-5(8)9-3/h2H,1H3,(H,6,7,8)/b3-2-. The van der Waals surface area contributed by atoms with Crippen LogP contribution in [-0.2, 0) is 0 Å². The molecule has 1 rings (SSSR count). The molecule has 0 radical (unpaired) electrons. The topological polar surface area (TPSA) is 12.0 Å². The van der Waals surface area contributed by atoms with E-state index in [-0.39, 0.29) is 0 Å². The van der Waals surface area contributed by atoms with Crippen molar-refractivity contribution in [3.63, 3.8) is 0 Å². The van der Waals surface area contributed by atoms with E-state index >= 15 is 0 Å². The normalized spacial score (nSPS) is 23.0. The Bertz CT molecular complexity index is 194. The highest BCUT2D eigenvalue weighted by atomic mass is 32.2. The smallest absolute Gasteiger partial charge is 0.143 e. The van der Waals surface area contributed by atoms with Crippen LogP contribution in [-0.4, -0.2) is 9.31 Å². The van der Waals surface area contributed by atoms with Gasteiger partial charge in [0.05, 0.1) is 0 Å². The van der Waals surface area contributed by atoms with Crippen LogP contribution in [0, 0.1) is 0 Å². The molecule has 9 heavy (non-hydrogen) atoms. The molecule has 1 nitrogen and oxygen atoms in total. The molecule has 4 heteroatoms. The minimum absolute atomic E-state index is 0.757. The van der Waals surface area contributed by atoms with Gasteiger partial charge in [0.25, 0.3) is 0 Å². The number of thiocarbonyl (C=S) groups is 2. The third kappa shape index (κ3) is 1.50. The number of hydrogen-bond acceptors (Lipinski definition) is 3. The zero-order chi connectivity index (χ0) is 6.85. The van der Waals surface area contributed by atoms with Crippen molar-refractivity contribution < 1.29 is 0 Å². The van der Waals surface area contributed by atoms with E-state index in [1.165, 1.54) is 11.8 Å². The van der Waals surface area contributed by atoms with Crippen LogP contribution in [0.1, 0.15) is 6.92 Å². The average molecular weight is 175 g/mol. The lowest BCUT2D eigenvalue weighted by molar-refractivity contribution is 1.51. The first-order chi connectivity index (χ1) is 4.24. The molecule has 1 fully saturated rings. The first-order valence-electron chi connectivity index (χ1n) is 2.43. The fraction of sp³-hybridized carbons (Fsp3) is 0.200. The molecule has 1 heterocycles. The van der Waals surface area contributed by atoms with Crippen molar-refractivity contribution in [1.29, 1.82) is 0 Å². The van der Waals surface area contributed by atoms with Gasteiger partial charge < -0.3 is 5.32 Å². The summed E-state index contributed by atoms with van der Waals surface area (Å²) < 4.78 is 0.758. The minimum Gasteiger partial charge on any atom is -0.331 e. The Morgan fingerprint density at radius 3 is 2.44 bits per heavy atom. The lowest BCUT2D eigenvalue weighted by Gasteiger charge is -1.87. The van der Waals surface area contributed by atoms with Crippen LogP contribution < -0.4 is 5.32 Å². The molecule has 0 atom stereocenters. The van der Waals surface area contributed by atoms with E-state index in [4.69, 9.17) is 24.4 Å². The summed E-state index contributed by atoms with van der Waals surface area (Å²) in [5, 5.41) is 2.88. The quantitative estimate of drug-likeness (QED) is 0.445. The monoisotopic (exact) mass is 175 g/mol. The molecule has 0 spiro atoms. The molecule has 1 aliphatic rings. The SMILES string of the molecule is C/C=C1\SC(=S)NC1=S. The van der Waals surface area contributed by atoms with Gasteiger partial charge in [0.2, 0.25) is 0 Å². The summed E-state index contributed by atoms with van der Waals surface area (Å²) >= 11 is 11.3. The summed E-state index contributed by atoms with van der Waals surface area (Å²) in [7, 11) is 0. The van der Waals surface area contributed by atoms with E-state index < -0.39 is 0 Å². The molecule has 0 bridgehead atoms. The van der Waals surface area contributed by atoms with E-state index in [2.05, 4.69) is 5.32 Å². The van der Waals surface area contributed by atoms with Crippen LogP contribution in [0.5, 0.6) is 0 Å². The molecule has 1 saturated heterocycles. The molecule has 0 aromatic carbocycles. The first-order valence-corrected chi connectivity index (χ1v) is 4.07. The molecular formula is C5H5NS3. The number of nitrogens with one attached hydrogen (secondary N) is 1. The third-order valence-electron chi connectivity index (χ3n) is 0.904. The second-order valence-corrected chi connectivity index (χ2v) is 3.62. The maximum Gasteiger partial charge on any atom is 0.143 e. The van der Waals surface area contributed by atoms with E-state index in [9.17, 15) is 0 Å². The van der Waals surface area contributed by atoms with Gasteiger partial charge in [-0.2, -0.15) is 0 Å². The Kier molecular flexibility index (Phi) is 2.21.